The molecule has 1 amide bonds. The van der Waals surface area contributed by atoms with E-state index in [1.54, 1.807) is 24.3 Å². The smallest absolute Gasteiger partial charge is 0.255 e. The maximum atomic E-state index is 13.1. The Morgan fingerprint density at radius 1 is 0.975 bits per heavy atom. The highest BCUT2D eigenvalue weighted by molar-refractivity contribution is 7.92. The number of sulfonamides is 2. The van der Waals surface area contributed by atoms with Crippen LogP contribution in [0.1, 0.15) is 27.0 Å². The van der Waals surface area contributed by atoms with Crippen molar-refractivity contribution in [2.45, 2.75) is 25.3 Å². The third-order valence-electron chi connectivity index (χ3n) is 6.60. The van der Waals surface area contributed by atoms with Gasteiger partial charge in [0.2, 0.25) is 20.0 Å². The van der Waals surface area contributed by atoms with Crippen LogP contribution in [0.15, 0.2) is 65.6 Å². The van der Waals surface area contributed by atoms with Crippen LogP contribution in [0.5, 0.6) is 5.75 Å². The lowest BCUT2D eigenvalue weighted by Crippen LogP contribution is -2.40. The molecule has 0 aliphatic carbocycles. The maximum Gasteiger partial charge on any atom is 0.255 e. The number of carbonyl (C=O) groups excluding carboxylic acids is 1. The summed E-state index contributed by atoms with van der Waals surface area (Å²) in [6.45, 7) is 5.00. The van der Waals surface area contributed by atoms with Gasteiger partial charge < -0.3 is 14.8 Å². The van der Waals surface area contributed by atoms with E-state index in [1.165, 1.54) is 33.9 Å². The zero-order valence-corrected chi connectivity index (χ0v) is 24.5. The van der Waals surface area contributed by atoms with Crippen LogP contribution in [0.3, 0.4) is 0 Å². The van der Waals surface area contributed by atoms with Crippen molar-refractivity contribution in [3.8, 4) is 5.75 Å². The maximum absolute atomic E-state index is 13.1. The van der Waals surface area contributed by atoms with Crippen LogP contribution in [-0.2, 0) is 31.3 Å². The van der Waals surface area contributed by atoms with Crippen molar-refractivity contribution in [1.29, 1.82) is 0 Å². The molecule has 12 heteroatoms. The van der Waals surface area contributed by atoms with Crippen LogP contribution in [0, 0.1) is 13.8 Å². The number of hydrogen-bond donors (Lipinski definition) is 1. The van der Waals surface area contributed by atoms with Gasteiger partial charge in [0.05, 0.1) is 49.4 Å². The minimum Gasteiger partial charge on any atom is -0.495 e. The zero-order valence-electron chi connectivity index (χ0n) is 22.9. The van der Waals surface area contributed by atoms with E-state index in [4.69, 9.17) is 9.47 Å². The molecule has 1 heterocycles. The van der Waals surface area contributed by atoms with Gasteiger partial charge in [0.15, 0.2) is 0 Å². The molecule has 3 aromatic rings. The Morgan fingerprint density at radius 2 is 1.65 bits per heavy atom. The highest BCUT2D eigenvalue weighted by atomic mass is 32.2. The molecule has 0 radical (unpaired) electrons. The van der Waals surface area contributed by atoms with Crippen molar-refractivity contribution < 1.29 is 31.1 Å². The van der Waals surface area contributed by atoms with E-state index in [0.29, 0.717) is 35.8 Å². The third-order valence-corrected chi connectivity index (χ3v) is 9.62. The van der Waals surface area contributed by atoms with Crippen molar-refractivity contribution in [3.63, 3.8) is 0 Å². The standard InChI is InChI=1S/C28H33N3O7S2/c1-20-5-6-21(2)26(17-20)31(39(4,33)34)19-22-7-9-23(10-8-22)28(32)29-25-18-24(11-12-27(25)37-3)40(35,36)30-13-15-38-16-14-30/h5-12,17-18H,13-16,19H2,1-4H3,(H,29,32). The lowest BCUT2D eigenvalue weighted by Gasteiger charge is -2.26. The average Bonchev–Trinajstić information content (AvgIpc) is 2.93. The number of morpholine rings is 1. The van der Waals surface area contributed by atoms with Crippen LogP contribution in [0.25, 0.3) is 0 Å². The first-order chi connectivity index (χ1) is 18.9. The van der Waals surface area contributed by atoms with Crippen molar-refractivity contribution >= 4 is 37.3 Å². The predicted molar refractivity (Wildman–Crippen MR) is 154 cm³/mol. The van der Waals surface area contributed by atoms with Gasteiger partial charge in [0.25, 0.3) is 5.91 Å². The molecule has 4 rings (SSSR count). The highest BCUT2D eigenvalue weighted by Gasteiger charge is 2.27. The Kier molecular flexibility index (Phi) is 8.83. The molecule has 40 heavy (non-hydrogen) atoms. The molecule has 1 aliphatic heterocycles. The molecule has 1 fully saturated rings. The number of anilines is 2. The van der Waals surface area contributed by atoms with E-state index in [2.05, 4.69) is 5.32 Å². The number of rotatable bonds is 9. The number of carbonyl (C=O) groups is 1. The normalized spacial score (nSPS) is 14.5. The van der Waals surface area contributed by atoms with Crippen LogP contribution in [-0.4, -0.2) is 66.7 Å². The fraction of sp³-hybridized carbons (Fsp3) is 0.321. The number of nitrogens with zero attached hydrogens (tertiary/aromatic N) is 2. The first-order valence-electron chi connectivity index (χ1n) is 12.6. The van der Waals surface area contributed by atoms with E-state index < -0.39 is 26.0 Å². The summed E-state index contributed by atoms with van der Waals surface area (Å²) in [4.78, 5) is 13.1. The van der Waals surface area contributed by atoms with Crippen molar-refractivity contribution in [2.75, 3.05) is 49.3 Å². The summed E-state index contributed by atoms with van der Waals surface area (Å²) < 4.78 is 64.8. The molecule has 0 unspecified atom stereocenters. The van der Waals surface area contributed by atoms with Crippen LogP contribution in [0.4, 0.5) is 11.4 Å². The number of nitrogens with one attached hydrogen (secondary N) is 1. The molecule has 1 saturated heterocycles. The summed E-state index contributed by atoms with van der Waals surface area (Å²) >= 11 is 0. The lowest BCUT2D eigenvalue weighted by molar-refractivity contribution is 0.0730. The minimum atomic E-state index is -3.78. The molecular weight excluding hydrogens is 554 g/mol. The van der Waals surface area contributed by atoms with Crippen LogP contribution >= 0.6 is 0 Å². The first-order valence-corrected chi connectivity index (χ1v) is 15.9. The number of methoxy groups -OCH3 is 1. The summed E-state index contributed by atoms with van der Waals surface area (Å²) in [7, 11) is -5.92. The van der Waals surface area contributed by atoms with Gasteiger partial charge in [0.1, 0.15) is 5.75 Å². The Balaban J connectivity index is 1.54. The number of benzene rings is 3. The molecule has 0 atom stereocenters. The van der Waals surface area contributed by atoms with Crippen molar-refractivity contribution in [2.24, 2.45) is 0 Å². The van der Waals surface area contributed by atoms with Gasteiger partial charge in [-0.25, -0.2) is 16.8 Å². The lowest BCUT2D eigenvalue weighted by atomic mass is 10.1. The second-order valence-electron chi connectivity index (χ2n) is 9.59. The van der Waals surface area contributed by atoms with Gasteiger partial charge in [-0.05, 0) is 66.9 Å². The third kappa shape index (κ3) is 6.64. The van der Waals surface area contributed by atoms with E-state index in [1.807, 2.05) is 32.0 Å². The number of aryl methyl sites for hydroxylation is 2. The number of amides is 1. The second-order valence-corrected chi connectivity index (χ2v) is 13.4. The number of ether oxygens (including phenoxy) is 2. The van der Waals surface area contributed by atoms with E-state index in [9.17, 15) is 21.6 Å². The Labute approximate surface area is 235 Å². The SMILES string of the molecule is COc1ccc(S(=O)(=O)N2CCOCC2)cc1NC(=O)c1ccc(CN(c2cc(C)ccc2C)S(C)(=O)=O)cc1. The van der Waals surface area contributed by atoms with Gasteiger partial charge >= 0.3 is 0 Å². The Hall–Kier alpha value is -3.45. The topological polar surface area (TPSA) is 122 Å². The van der Waals surface area contributed by atoms with Crippen LogP contribution in [0.2, 0.25) is 0 Å². The van der Waals surface area contributed by atoms with E-state index >= 15 is 0 Å². The van der Waals surface area contributed by atoms with Gasteiger partial charge in [-0.2, -0.15) is 4.31 Å². The van der Waals surface area contributed by atoms with Crippen LogP contribution < -0.4 is 14.4 Å². The summed E-state index contributed by atoms with van der Waals surface area (Å²) in [5.74, 6) is -0.163. The molecule has 0 spiro atoms. The van der Waals surface area contributed by atoms with Gasteiger partial charge in [-0.15, -0.1) is 0 Å². The molecule has 0 saturated carbocycles. The number of hydrogen-bond acceptors (Lipinski definition) is 7. The Bertz CT molecular complexity index is 1600. The van der Waals surface area contributed by atoms with Gasteiger partial charge in [-0.1, -0.05) is 24.3 Å². The van der Waals surface area contributed by atoms with Gasteiger partial charge in [0, 0.05) is 18.7 Å². The molecule has 10 nitrogen and oxygen atoms in total. The quantitative estimate of drug-likeness (QED) is 0.406. The minimum absolute atomic E-state index is 0.0353. The van der Waals surface area contributed by atoms with Crippen molar-refractivity contribution in [3.05, 3.63) is 82.9 Å². The summed E-state index contributed by atoms with van der Waals surface area (Å²) in [5, 5.41) is 2.74. The average molecular weight is 588 g/mol. The fourth-order valence-electron chi connectivity index (χ4n) is 4.37. The van der Waals surface area contributed by atoms with Gasteiger partial charge in [-0.3, -0.25) is 9.10 Å². The molecule has 214 valence electrons. The molecule has 0 bridgehead atoms. The second kappa shape index (κ2) is 12.0. The molecule has 1 N–H and O–H groups in total. The summed E-state index contributed by atoms with van der Waals surface area (Å²) in [6, 6.07) is 16.5. The fourth-order valence-corrected chi connectivity index (χ4v) is 6.74. The largest absolute Gasteiger partial charge is 0.495 e. The highest BCUT2D eigenvalue weighted by Crippen LogP contribution is 2.30. The summed E-state index contributed by atoms with van der Waals surface area (Å²) in [5.41, 5.74) is 3.59. The molecule has 0 aromatic heterocycles. The summed E-state index contributed by atoms with van der Waals surface area (Å²) in [6.07, 6.45) is 1.16. The molecular formula is C28H33N3O7S2. The monoisotopic (exact) mass is 587 g/mol. The van der Waals surface area contributed by atoms with E-state index in [-0.39, 0.29) is 30.2 Å². The van der Waals surface area contributed by atoms with E-state index in [0.717, 1.165) is 17.4 Å². The zero-order chi connectivity index (χ0) is 29.1. The first kappa shape index (κ1) is 29.5. The molecule has 1 aliphatic rings. The predicted octanol–water partition coefficient (Wildman–Crippen LogP) is 3.55. The Morgan fingerprint density at radius 3 is 2.27 bits per heavy atom. The molecule has 3 aromatic carbocycles. The van der Waals surface area contributed by atoms with Crippen molar-refractivity contribution in [1.82, 2.24) is 4.31 Å².